The van der Waals surface area contributed by atoms with Crippen molar-refractivity contribution in [2.75, 3.05) is 19.0 Å². The summed E-state index contributed by atoms with van der Waals surface area (Å²) in [6.07, 6.45) is 0. The van der Waals surface area contributed by atoms with Crippen LogP contribution in [-0.2, 0) is 11.3 Å². The van der Waals surface area contributed by atoms with E-state index in [2.05, 4.69) is 0 Å². The number of esters is 1. The third-order valence-electron chi connectivity index (χ3n) is 2.97. The van der Waals surface area contributed by atoms with Gasteiger partial charge >= 0.3 is 5.97 Å². The summed E-state index contributed by atoms with van der Waals surface area (Å²) in [6.45, 7) is 0.158. The maximum Gasteiger partial charge on any atom is 0.338 e. The highest BCUT2D eigenvalue weighted by Crippen LogP contribution is 2.23. The van der Waals surface area contributed by atoms with E-state index in [-0.39, 0.29) is 12.6 Å². The highest BCUT2D eigenvalue weighted by molar-refractivity contribution is 6.42. The number of anilines is 1. The Hall–Kier alpha value is -1.71. The standard InChI is InChI=1S/C16H15Cl2NO2/c1-19(2)13-6-4-12(5-7-13)16(20)21-10-11-3-8-14(17)15(18)9-11/h3-9H,10H2,1-2H3. The van der Waals surface area contributed by atoms with Crippen molar-refractivity contribution in [2.24, 2.45) is 0 Å². The molecule has 0 radical (unpaired) electrons. The summed E-state index contributed by atoms with van der Waals surface area (Å²) in [5.41, 5.74) is 2.33. The Morgan fingerprint density at radius 3 is 2.29 bits per heavy atom. The van der Waals surface area contributed by atoms with E-state index in [1.54, 1.807) is 30.3 Å². The first-order valence-electron chi connectivity index (χ1n) is 6.36. The van der Waals surface area contributed by atoms with Crippen LogP contribution in [0.2, 0.25) is 10.0 Å². The molecule has 3 nitrogen and oxygen atoms in total. The molecular formula is C16H15Cl2NO2. The average Bonchev–Trinajstić information content (AvgIpc) is 2.48. The quantitative estimate of drug-likeness (QED) is 0.780. The Kier molecular flexibility index (Phi) is 5.10. The Balaban J connectivity index is 1.99. The maximum atomic E-state index is 12.0. The minimum atomic E-state index is -0.369. The lowest BCUT2D eigenvalue weighted by atomic mass is 10.2. The van der Waals surface area contributed by atoms with Crippen LogP contribution in [0.5, 0.6) is 0 Å². The van der Waals surface area contributed by atoms with Gasteiger partial charge in [0.15, 0.2) is 0 Å². The zero-order valence-corrected chi connectivity index (χ0v) is 13.3. The minimum absolute atomic E-state index is 0.158. The fourth-order valence-electron chi connectivity index (χ4n) is 1.76. The van der Waals surface area contributed by atoms with Crippen LogP contribution in [0.1, 0.15) is 15.9 Å². The Labute approximate surface area is 134 Å². The van der Waals surface area contributed by atoms with Crippen molar-refractivity contribution in [1.82, 2.24) is 0 Å². The lowest BCUT2D eigenvalue weighted by Crippen LogP contribution is -2.09. The first kappa shape index (κ1) is 15.7. The van der Waals surface area contributed by atoms with Crippen LogP contribution >= 0.6 is 23.2 Å². The van der Waals surface area contributed by atoms with Crippen molar-refractivity contribution < 1.29 is 9.53 Å². The number of nitrogens with zero attached hydrogens (tertiary/aromatic N) is 1. The molecular weight excluding hydrogens is 309 g/mol. The largest absolute Gasteiger partial charge is 0.457 e. The molecule has 2 aromatic rings. The molecule has 0 amide bonds. The third kappa shape index (κ3) is 4.13. The van der Waals surface area contributed by atoms with E-state index in [9.17, 15) is 4.79 Å². The summed E-state index contributed by atoms with van der Waals surface area (Å²) >= 11 is 11.8. The molecule has 0 saturated heterocycles. The molecule has 0 saturated carbocycles. The molecule has 0 N–H and O–H groups in total. The van der Waals surface area contributed by atoms with Gasteiger partial charge in [0.2, 0.25) is 0 Å². The monoisotopic (exact) mass is 323 g/mol. The molecule has 0 bridgehead atoms. The molecule has 2 aromatic carbocycles. The fraction of sp³-hybridized carbons (Fsp3) is 0.188. The smallest absolute Gasteiger partial charge is 0.338 e. The summed E-state index contributed by atoms with van der Waals surface area (Å²) in [4.78, 5) is 13.9. The van der Waals surface area contributed by atoms with Crippen LogP contribution in [0.25, 0.3) is 0 Å². The molecule has 2 rings (SSSR count). The molecule has 0 spiro atoms. The van der Waals surface area contributed by atoms with E-state index >= 15 is 0 Å². The molecule has 5 heteroatoms. The SMILES string of the molecule is CN(C)c1ccc(C(=O)OCc2ccc(Cl)c(Cl)c2)cc1. The number of benzene rings is 2. The molecule has 21 heavy (non-hydrogen) atoms. The predicted octanol–water partition coefficient (Wildman–Crippen LogP) is 4.42. The fourth-order valence-corrected chi connectivity index (χ4v) is 2.08. The van der Waals surface area contributed by atoms with E-state index in [1.165, 1.54) is 0 Å². The maximum absolute atomic E-state index is 12.0. The van der Waals surface area contributed by atoms with Gasteiger partial charge in [-0.15, -0.1) is 0 Å². The highest BCUT2D eigenvalue weighted by Gasteiger charge is 2.08. The molecule has 0 aliphatic carbocycles. The van der Waals surface area contributed by atoms with Crippen LogP contribution in [0.4, 0.5) is 5.69 Å². The van der Waals surface area contributed by atoms with E-state index in [4.69, 9.17) is 27.9 Å². The normalized spacial score (nSPS) is 10.3. The molecule has 0 unspecified atom stereocenters. The first-order chi connectivity index (χ1) is 9.97. The topological polar surface area (TPSA) is 29.5 Å². The summed E-state index contributed by atoms with van der Waals surface area (Å²) < 4.78 is 5.26. The molecule has 0 fully saturated rings. The van der Waals surface area contributed by atoms with Crippen molar-refractivity contribution in [2.45, 2.75) is 6.61 Å². The summed E-state index contributed by atoms with van der Waals surface area (Å²) in [5.74, 6) is -0.369. The highest BCUT2D eigenvalue weighted by atomic mass is 35.5. The van der Waals surface area contributed by atoms with E-state index in [0.29, 0.717) is 15.6 Å². The van der Waals surface area contributed by atoms with Gasteiger partial charge in [0, 0.05) is 19.8 Å². The van der Waals surface area contributed by atoms with Gasteiger partial charge < -0.3 is 9.64 Å². The van der Waals surface area contributed by atoms with Gasteiger partial charge in [0.1, 0.15) is 6.61 Å². The second kappa shape index (κ2) is 6.83. The Morgan fingerprint density at radius 1 is 1.05 bits per heavy atom. The summed E-state index contributed by atoms with van der Waals surface area (Å²) in [7, 11) is 3.88. The molecule has 0 aromatic heterocycles. The van der Waals surface area contributed by atoms with Crippen LogP contribution in [-0.4, -0.2) is 20.1 Å². The van der Waals surface area contributed by atoms with Crippen LogP contribution in [0.15, 0.2) is 42.5 Å². The second-order valence-corrected chi connectivity index (χ2v) is 5.58. The van der Waals surface area contributed by atoms with Crippen molar-refractivity contribution >= 4 is 34.9 Å². The number of carbonyl (C=O) groups excluding carboxylic acids is 1. The van der Waals surface area contributed by atoms with Gasteiger partial charge in [-0.1, -0.05) is 29.3 Å². The number of hydrogen-bond donors (Lipinski definition) is 0. The zero-order valence-electron chi connectivity index (χ0n) is 11.8. The van der Waals surface area contributed by atoms with Gasteiger partial charge in [-0.05, 0) is 42.0 Å². The molecule has 0 aliphatic heterocycles. The summed E-state index contributed by atoms with van der Waals surface area (Å²) in [5, 5.41) is 0.923. The second-order valence-electron chi connectivity index (χ2n) is 4.77. The molecule has 0 atom stereocenters. The van der Waals surface area contributed by atoms with Gasteiger partial charge in [-0.25, -0.2) is 4.79 Å². The number of rotatable bonds is 4. The van der Waals surface area contributed by atoms with Gasteiger partial charge in [0.05, 0.1) is 15.6 Å². The van der Waals surface area contributed by atoms with E-state index < -0.39 is 0 Å². The van der Waals surface area contributed by atoms with Crippen molar-refractivity contribution in [3.05, 3.63) is 63.6 Å². The van der Waals surface area contributed by atoms with Gasteiger partial charge in [-0.3, -0.25) is 0 Å². The van der Waals surface area contributed by atoms with Crippen LogP contribution < -0.4 is 4.90 Å². The van der Waals surface area contributed by atoms with Crippen LogP contribution in [0, 0.1) is 0 Å². The average molecular weight is 324 g/mol. The minimum Gasteiger partial charge on any atom is -0.457 e. The van der Waals surface area contributed by atoms with E-state index in [1.807, 2.05) is 31.1 Å². The van der Waals surface area contributed by atoms with Crippen molar-refractivity contribution in [3.63, 3.8) is 0 Å². The number of halogens is 2. The predicted molar refractivity (Wildman–Crippen MR) is 86.4 cm³/mol. The number of ether oxygens (including phenoxy) is 1. The zero-order chi connectivity index (χ0) is 15.4. The van der Waals surface area contributed by atoms with E-state index in [0.717, 1.165) is 11.3 Å². The van der Waals surface area contributed by atoms with Crippen molar-refractivity contribution in [1.29, 1.82) is 0 Å². The molecule has 110 valence electrons. The number of hydrogen-bond acceptors (Lipinski definition) is 3. The molecule has 0 aliphatic rings. The Bertz CT molecular complexity index is 639. The van der Waals surface area contributed by atoms with Crippen LogP contribution in [0.3, 0.4) is 0 Å². The Morgan fingerprint density at radius 2 is 1.71 bits per heavy atom. The lowest BCUT2D eigenvalue weighted by Gasteiger charge is -2.12. The van der Waals surface area contributed by atoms with Crippen molar-refractivity contribution in [3.8, 4) is 0 Å². The van der Waals surface area contributed by atoms with Gasteiger partial charge in [-0.2, -0.15) is 0 Å². The lowest BCUT2D eigenvalue weighted by molar-refractivity contribution is 0.0473. The number of carbonyl (C=O) groups is 1. The molecule has 0 heterocycles. The van der Waals surface area contributed by atoms with Gasteiger partial charge in [0.25, 0.3) is 0 Å². The summed E-state index contributed by atoms with van der Waals surface area (Å²) in [6, 6.07) is 12.4. The first-order valence-corrected chi connectivity index (χ1v) is 7.11. The third-order valence-corrected chi connectivity index (χ3v) is 3.71.